The molecular weight excluding hydrogens is 339 g/mol. The van der Waals surface area contributed by atoms with Gasteiger partial charge in [-0.25, -0.2) is 9.38 Å². The molecule has 0 spiro atoms. The minimum Gasteiger partial charge on any atom is -0.286 e. The second-order valence-corrected chi connectivity index (χ2v) is 6.23. The molecule has 0 bridgehead atoms. The molecule has 0 radical (unpaired) electrons. The molecule has 3 aromatic rings. The Morgan fingerprint density at radius 3 is 2.19 bits per heavy atom. The SMILES string of the molecule is O=C1/C(=C\c2ccccc2F)N=C(c2ccccc2)N1Cc1ccccc1. The van der Waals surface area contributed by atoms with Gasteiger partial charge in [0, 0.05) is 11.1 Å². The van der Waals surface area contributed by atoms with Gasteiger partial charge in [-0.3, -0.25) is 9.69 Å². The van der Waals surface area contributed by atoms with Gasteiger partial charge in [-0.15, -0.1) is 0 Å². The Kier molecular flexibility index (Phi) is 4.62. The van der Waals surface area contributed by atoms with Crippen LogP contribution in [0.25, 0.3) is 6.08 Å². The van der Waals surface area contributed by atoms with Gasteiger partial charge in [0.2, 0.25) is 0 Å². The van der Waals surface area contributed by atoms with E-state index in [4.69, 9.17) is 0 Å². The molecule has 1 amide bonds. The largest absolute Gasteiger partial charge is 0.286 e. The molecule has 0 saturated carbocycles. The molecule has 27 heavy (non-hydrogen) atoms. The van der Waals surface area contributed by atoms with Gasteiger partial charge in [0.15, 0.2) is 0 Å². The van der Waals surface area contributed by atoms with E-state index in [1.54, 1.807) is 23.1 Å². The lowest BCUT2D eigenvalue weighted by Gasteiger charge is -2.18. The maximum Gasteiger partial charge on any atom is 0.278 e. The molecule has 0 saturated heterocycles. The average molecular weight is 356 g/mol. The second-order valence-electron chi connectivity index (χ2n) is 6.23. The van der Waals surface area contributed by atoms with Crippen molar-refractivity contribution in [2.24, 2.45) is 4.99 Å². The molecule has 0 atom stereocenters. The molecule has 1 heterocycles. The van der Waals surface area contributed by atoms with E-state index in [1.807, 2.05) is 60.7 Å². The van der Waals surface area contributed by atoms with Gasteiger partial charge in [-0.1, -0.05) is 78.9 Å². The molecule has 4 heteroatoms. The third-order valence-corrected chi connectivity index (χ3v) is 4.36. The van der Waals surface area contributed by atoms with Crippen molar-refractivity contribution >= 4 is 17.8 Å². The zero-order chi connectivity index (χ0) is 18.6. The minimum absolute atomic E-state index is 0.231. The van der Waals surface area contributed by atoms with Crippen molar-refractivity contribution in [3.05, 3.63) is 113 Å². The molecule has 0 aliphatic carbocycles. The van der Waals surface area contributed by atoms with Crippen molar-refractivity contribution in [2.75, 3.05) is 0 Å². The van der Waals surface area contributed by atoms with E-state index >= 15 is 0 Å². The highest BCUT2D eigenvalue weighted by molar-refractivity contribution is 6.19. The van der Waals surface area contributed by atoms with Crippen molar-refractivity contribution < 1.29 is 9.18 Å². The van der Waals surface area contributed by atoms with E-state index in [1.165, 1.54) is 12.1 Å². The number of carbonyl (C=O) groups excluding carboxylic acids is 1. The van der Waals surface area contributed by atoms with Gasteiger partial charge in [0.25, 0.3) is 5.91 Å². The van der Waals surface area contributed by atoms with Crippen molar-refractivity contribution in [3.8, 4) is 0 Å². The van der Waals surface area contributed by atoms with E-state index in [-0.39, 0.29) is 17.4 Å². The second kappa shape index (κ2) is 7.38. The lowest BCUT2D eigenvalue weighted by molar-refractivity contribution is -0.123. The summed E-state index contributed by atoms with van der Waals surface area (Å²) in [6, 6.07) is 25.6. The molecule has 1 aliphatic heterocycles. The van der Waals surface area contributed by atoms with Crippen LogP contribution in [-0.4, -0.2) is 16.6 Å². The number of hydrogen-bond donors (Lipinski definition) is 0. The van der Waals surface area contributed by atoms with Crippen LogP contribution in [0.3, 0.4) is 0 Å². The highest BCUT2D eigenvalue weighted by Crippen LogP contribution is 2.24. The Labute approximate surface area is 157 Å². The summed E-state index contributed by atoms with van der Waals surface area (Å²) >= 11 is 0. The number of amides is 1. The average Bonchev–Trinajstić information content (AvgIpc) is 3.01. The van der Waals surface area contributed by atoms with Crippen molar-refractivity contribution in [1.29, 1.82) is 0 Å². The van der Waals surface area contributed by atoms with Crippen LogP contribution in [0.4, 0.5) is 4.39 Å². The summed E-state index contributed by atoms with van der Waals surface area (Å²) < 4.78 is 14.0. The summed E-state index contributed by atoms with van der Waals surface area (Å²) in [7, 11) is 0. The maximum atomic E-state index is 14.0. The van der Waals surface area contributed by atoms with E-state index < -0.39 is 0 Å². The highest BCUT2D eigenvalue weighted by atomic mass is 19.1. The summed E-state index contributed by atoms with van der Waals surface area (Å²) in [5, 5.41) is 0. The number of benzene rings is 3. The standard InChI is InChI=1S/C23H17FN2O/c24-20-14-8-7-13-19(20)15-21-23(27)26(16-17-9-3-1-4-10-17)22(25-21)18-11-5-2-6-12-18/h1-15H,16H2/b21-15+. The molecule has 0 unspecified atom stereocenters. The van der Waals surface area contributed by atoms with E-state index in [0.717, 1.165) is 11.1 Å². The number of rotatable bonds is 4. The van der Waals surface area contributed by atoms with Crippen molar-refractivity contribution in [2.45, 2.75) is 6.54 Å². The highest BCUT2D eigenvalue weighted by Gasteiger charge is 2.31. The van der Waals surface area contributed by atoms with E-state index in [2.05, 4.69) is 4.99 Å². The van der Waals surface area contributed by atoms with Crippen LogP contribution >= 0.6 is 0 Å². The summed E-state index contributed by atoms with van der Waals surface area (Å²) in [6.45, 7) is 0.405. The fourth-order valence-corrected chi connectivity index (χ4v) is 3.01. The van der Waals surface area contributed by atoms with Crippen molar-refractivity contribution in [1.82, 2.24) is 4.90 Å². The van der Waals surface area contributed by atoms with Crippen LogP contribution in [0.15, 0.2) is 95.6 Å². The van der Waals surface area contributed by atoms with Crippen LogP contribution in [0.1, 0.15) is 16.7 Å². The number of amidine groups is 1. The smallest absolute Gasteiger partial charge is 0.278 e. The van der Waals surface area contributed by atoms with Gasteiger partial charge < -0.3 is 0 Å². The van der Waals surface area contributed by atoms with Crippen LogP contribution in [-0.2, 0) is 11.3 Å². The molecule has 0 N–H and O–H groups in total. The third kappa shape index (κ3) is 3.55. The van der Waals surface area contributed by atoms with Gasteiger partial charge in [-0.2, -0.15) is 0 Å². The molecule has 0 aromatic heterocycles. The first-order valence-electron chi connectivity index (χ1n) is 8.68. The lowest BCUT2D eigenvalue weighted by Crippen LogP contribution is -2.32. The number of hydrogen-bond acceptors (Lipinski definition) is 2. The first-order chi connectivity index (χ1) is 13.2. The first kappa shape index (κ1) is 16.9. The monoisotopic (exact) mass is 356 g/mol. The molecular formula is C23H17FN2O. The number of nitrogens with zero attached hydrogens (tertiary/aromatic N) is 2. The quantitative estimate of drug-likeness (QED) is 0.626. The number of halogens is 1. The first-order valence-corrected chi connectivity index (χ1v) is 8.68. The Hall–Kier alpha value is -3.53. The fraction of sp³-hybridized carbons (Fsp3) is 0.0435. The summed E-state index contributed by atoms with van der Waals surface area (Å²) in [4.78, 5) is 19.2. The van der Waals surface area contributed by atoms with Gasteiger partial charge in [-0.05, 0) is 17.7 Å². The number of carbonyl (C=O) groups is 1. The van der Waals surface area contributed by atoms with Gasteiger partial charge in [0.05, 0.1) is 6.54 Å². The minimum atomic E-state index is -0.379. The molecule has 132 valence electrons. The topological polar surface area (TPSA) is 32.7 Å². The zero-order valence-corrected chi connectivity index (χ0v) is 14.5. The fourth-order valence-electron chi connectivity index (χ4n) is 3.01. The van der Waals surface area contributed by atoms with E-state index in [9.17, 15) is 9.18 Å². The maximum absolute atomic E-state index is 14.0. The van der Waals surface area contributed by atoms with Crippen LogP contribution in [0, 0.1) is 5.82 Å². The van der Waals surface area contributed by atoms with Gasteiger partial charge in [0.1, 0.15) is 17.3 Å². The van der Waals surface area contributed by atoms with Crippen molar-refractivity contribution in [3.63, 3.8) is 0 Å². The van der Waals surface area contributed by atoms with Gasteiger partial charge >= 0.3 is 0 Å². The molecule has 0 fully saturated rings. The molecule has 1 aliphatic rings. The predicted molar refractivity (Wildman–Crippen MR) is 104 cm³/mol. The summed E-state index contributed by atoms with van der Waals surface area (Å²) in [6.07, 6.45) is 1.51. The Morgan fingerprint density at radius 2 is 1.48 bits per heavy atom. The molecule has 3 aromatic carbocycles. The summed E-state index contributed by atoms with van der Waals surface area (Å²) in [5.74, 6) is -0.0382. The third-order valence-electron chi connectivity index (χ3n) is 4.36. The number of aliphatic imine (C=N–C) groups is 1. The Bertz CT molecular complexity index is 1030. The zero-order valence-electron chi connectivity index (χ0n) is 14.5. The van der Waals surface area contributed by atoms with Crippen LogP contribution in [0.5, 0.6) is 0 Å². The normalized spacial score (nSPS) is 15.3. The summed E-state index contributed by atoms with van der Waals surface area (Å²) in [5.41, 5.74) is 2.42. The molecule has 4 rings (SSSR count). The predicted octanol–water partition coefficient (Wildman–Crippen LogP) is 4.66. The van der Waals surface area contributed by atoms with E-state index in [0.29, 0.717) is 17.9 Å². The van der Waals surface area contributed by atoms with Crippen LogP contribution < -0.4 is 0 Å². The van der Waals surface area contributed by atoms with Crippen LogP contribution in [0.2, 0.25) is 0 Å². The Balaban J connectivity index is 1.75. The Morgan fingerprint density at radius 1 is 0.852 bits per heavy atom. The lowest BCUT2D eigenvalue weighted by atomic mass is 10.1. The molecule has 3 nitrogen and oxygen atoms in total.